The number of aliphatic carboxylic acids is 1. The molecule has 1 aliphatic carbocycles. The summed E-state index contributed by atoms with van der Waals surface area (Å²) in [5.41, 5.74) is 0.352. The summed E-state index contributed by atoms with van der Waals surface area (Å²) in [7, 11) is 0. The summed E-state index contributed by atoms with van der Waals surface area (Å²) in [5.74, 6) is -1.73. The van der Waals surface area contributed by atoms with E-state index in [-0.39, 0.29) is 5.78 Å². The minimum atomic E-state index is -0.932. The van der Waals surface area contributed by atoms with E-state index >= 15 is 0 Å². The van der Waals surface area contributed by atoms with Gasteiger partial charge in [0.2, 0.25) is 0 Å². The van der Waals surface area contributed by atoms with E-state index in [0.29, 0.717) is 11.1 Å². The second-order valence-electron chi connectivity index (χ2n) is 4.41. The summed E-state index contributed by atoms with van der Waals surface area (Å²) >= 11 is 0. The van der Waals surface area contributed by atoms with Gasteiger partial charge in [-0.15, -0.1) is 0 Å². The van der Waals surface area contributed by atoms with E-state index in [2.05, 4.69) is 0 Å². The predicted octanol–water partition coefficient (Wildman–Crippen LogP) is 2.08. The summed E-state index contributed by atoms with van der Waals surface area (Å²) in [6.07, 6.45) is 0. The highest BCUT2D eigenvalue weighted by molar-refractivity contribution is 6.09. The molecule has 1 atom stereocenters. The van der Waals surface area contributed by atoms with Crippen LogP contribution in [0.5, 0.6) is 0 Å². The van der Waals surface area contributed by atoms with Crippen molar-refractivity contribution in [3.63, 3.8) is 0 Å². The highest BCUT2D eigenvalue weighted by atomic mass is 16.4. The van der Waals surface area contributed by atoms with Crippen molar-refractivity contribution in [3.05, 3.63) is 35.4 Å². The molecular formula is C12H12O3. The van der Waals surface area contributed by atoms with Crippen LogP contribution in [0.25, 0.3) is 0 Å². The first-order chi connectivity index (χ1) is 6.96. The fourth-order valence-corrected chi connectivity index (χ4v) is 2.26. The minimum absolute atomic E-state index is 0.0782. The molecular weight excluding hydrogens is 192 g/mol. The van der Waals surface area contributed by atoms with Gasteiger partial charge in [-0.05, 0) is 5.56 Å². The molecule has 0 amide bonds. The first-order valence-corrected chi connectivity index (χ1v) is 4.83. The average molecular weight is 204 g/mol. The Kier molecular flexibility index (Phi) is 1.93. The zero-order valence-electron chi connectivity index (χ0n) is 8.65. The van der Waals surface area contributed by atoms with Crippen LogP contribution < -0.4 is 0 Å². The first-order valence-electron chi connectivity index (χ1n) is 4.83. The third-order valence-electron chi connectivity index (χ3n) is 3.07. The lowest BCUT2D eigenvalue weighted by atomic mass is 9.79. The molecule has 2 rings (SSSR count). The number of ketones is 1. The molecule has 0 bridgehead atoms. The maximum atomic E-state index is 12.0. The van der Waals surface area contributed by atoms with E-state index in [1.807, 2.05) is 0 Å². The molecule has 0 saturated carbocycles. The summed E-state index contributed by atoms with van der Waals surface area (Å²) in [5, 5.41) is 9.16. The second kappa shape index (κ2) is 2.92. The van der Waals surface area contributed by atoms with Gasteiger partial charge in [-0.1, -0.05) is 38.1 Å². The maximum absolute atomic E-state index is 12.0. The van der Waals surface area contributed by atoms with Gasteiger partial charge in [-0.25, -0.2) is 0 Å². The average Bonchev–Trinajstić information content (AvgIpc) is 2.35. The molecule has 0 saturated heterocycles. The van der Waals surface area contributed by atoms with Crippen molar-refractivity contribution in [1.82, 2.24) is 0 Å². The molecule has 1 aromatic rings. The van der Waals surface area contributed by atoms with Gasteiger partial charge in [-0.3, -0.25) is 9.59 Å². The number of carboxylic acid groups (broad SMARTS) is 1. The lowest BCUT2D eigenvalue weighted by molar-refractivity contribution is -0.140. The largest absolute Gasteiger partial charge is 0.481 e. The number of rotatable bonds is 1. The van der Waals surface area contributed by atoms with Crippen molar-refractivity contribution in [2.45, 2.75) is 19.8 Å². The number of carboxylic acids is 1. The molecule has 1 aromatic carbocycles. The van der Waals surface area contributed by atoms with Gasteiger partial charge in [-0.2, -0.15) is 0 Å². The van der Waals surface area contributed by atoms with Crippen molar-refractivity contribution in [2.75, 3.05) is 0 Å². The van der Waals surface area contributed by atoms with Gasteiger partial charge in [0.1, 0.15) is 0 Å². The molecule has 0 fully saturated rings. The number of fused-ring (bicyclic) bond motifs is 1. The van der Waals surface area contributed by atoms with Crippen LogP contribution in [-0.4, -0.2) is 16.9 Å². The fraction of sp³-hybridized carbons (Fsp3) is 0.333. The van der Waals surface area contributed by atoms with Gasteiger partial charge in [0.05, 0.1) is 5.92 Å². The van der Waals surface area contributed by atoms with Crippen molar-refractivity contribution in [2.24, 2.45) is 5.41 Å². The Balaban J connectivity index is 2.67. The maximum Gasteiger partial charge on any atom is 0.312 e. The number of Topliss-reactive ketones (excluding diaryl/α,β-unsaturated/α-hetero) is 1. The number of hydrogen-bond acceptors (Lipinski definition) is 2. The highest BCUT2D eigenvalue weighted by Gasteiger charge is 2.49. The van der Waals surface area contributed by atoms with Gasteiger partial charge in [0, 0.05) is 11.0 Å². The lowest BCUT2D eigenvalue weighted by Crippen LogP contribution is -2.29. The molecule has 0 radical (unpaired) electrons. The number of carbonyl (C=O) groups excluding carboxylic acids is 1. The van der Waals surface area contributed by atoms with E-state index in [0.717, 1.165) is 0 Å². The zero-order valence-corrected chi connectivity index (χ0v) is 8.65. The predicted molar refractivity (Wildman–Crippen MR) is 54.9 cm³/mol. The SMILES string of the molecule is CC1(C)C(=O)c2ccccc2C1C(=O)O. The molecule has 1 aliphatic rings. The van der Waals surface area contributed by atoms with Crippen LogP contribution in [0.3, 0.4) is 0 Å². The van der Waals surface area contributed by atoms with E-state index in [9.17, 15) is 9.59 Å². The van der Waals surface area contributed by atoms with Crippen molar-refractivity contribution in [1.29, 1.82) is 0 Å². The standard InChI is InChI=1S/C12H12O3/c1-12(2)9(11(14)15)7-5-3-4-6-8(7)10(12)13/h3-6,9H,1-2H3,(H,14,15). The fourth-order valence-electron chi connectivity index (χ4n) is 2.26. The first kappa shape index (κ1) is 9.90. The Labute approximate surface area is 87.7 Å². The zero-order chi connectivity index (χ0) is 11.2. The number of benzene rings is 1. The molecule has 15 heavy (non-hydrogen) atoms. The minimum Gasteiger partial charge on any atom is -0.481 e. The van der Waals surface area contributed by atoms with Crippen LogP contribution in [0.4, 0.5) is 0 Å². The molecule has 0 heterocycles. The molecule has 0 aromatic heterocycles. The van der Waals surface area contributed by atoms with E-state index in [1.165, 1.54) is 0 Å². The Hall–Kier alpha value is -1.64. The van der Waals surface area contributed by atoms with Crippen molar-refractivity contribution < 1.29 is 14.7 Å². The number of carbonyl (C=O) groups is 2. The topological polar surface area (TPSA) is 54.4 Å². The Morgan fingerprint density at radius 2 is 1.93 bits per heavy atom. The molecule has 78 valence electrons. The van der Waals surface area contributed by atoms with Gasteiger partial charge >= 0.3 is 5.97 Å². The van der Waals surface area contributed by atoms with E-state index < -0.39 is 17.3 Å². The van der Waals surface area contributed by atoms with Crippen LogP contribution in [0.2, 0.25) is 0 Å². The Morgan fingerprint density at radius 3 is 2.53 bits per heavy atom. The third-order valence-corrected chi connectivity index (χ3v) is 3.07. The van der Waals surface area contributed by atoms with E-state index in [1.54, 1.807) is 38.1 Å². The normalized spacial score (nSPS) is 22.5. The van der Waals surface area contributed by atoms with Crippen LogP contribution in [0, 0.1) is 5.41 Å². The molecule has 3 nitrogen and oxygen atoms in total. The Morgan fingerprint density at radius 1 is 1.33 bits per heavy atom. The quantitative estimate of drug-likeness (QED) is 0.761. The highest BCUT2D eigenvalue weighted by Crippen LogP contribution is 2.46. The van der Waals surface area contributed by atoms with Crippen LogP contribution in [0.1, 0.15) is 35.7 Å². The molecule has 3 heteroatoms. The van der Waals surface area contributed by atoms with Gasteiger partial charge in [0.25, 0.3) is 0 Å². The van der Waals surface area contributed by atoms with Crippen LogP contribution >= 0.6 is 0 Å². The van der Waals surface area contributed by atoms with Crippen LogP contribution in [0.15, 0.2) is 24.3 Å². The summed E-state index contributed by atoms with van der Waals surface area (Å²) in [6, 6.07) is 6.95. The summed E-state index contributed by atoms with van der Waals surface area (Å²) < 4.78 is 0. The smallest absolute Gasteiger partial charge is 0.312 e. The van der Waals surface area contributed by atoms with Gasteiger partial charge < -0.3 is 5.11 Å². The van der Waals surface area contributed by atoms with Crippen LogP contribution in [-0.2, 0) is 4.79 Å². The van der Waals surface area contributed by atoms with Gasteiger partial charge in [0.15, 0.2) is 5.78 Å². The monoisotopic (exact) mass is 204 g/mol. The third kappa shape index (κ3) is 1.19. The molecule has 0 spiro atoms. The van der Waals surface area contributed by atoms with E-state index in [4.69, 9.17) is 5.11 Å². The molecule has 1 unspecified atom stereocenters. The Bertz CT molecular complexity index is 446. The van der Waals surface area contributed by atoms with Crippen molar-refractivity contribution >= 4 is 11.8 Å². The lowest BCUT2D eigenvalue weighted by Gasteiger charge is -2.21. The summed E-state index contributed by atoms with van der Waals surface area (Å²) in [4.78, 5) is 23.1. The number of hydrogen-bond donors (Lipinski definition) is 1. The molecule has 1 N–H and O–H groups in total. The molecule has 0 aliphatic heterocycles. The van der Waals surface area contributed by atoms with Crippen molar-refractivity contribution in [3.8, 4) is 0 Å². The second-order valence-corrected chi connectivity index (χ2v) is 4.41. The summed E-state index contributed by atoms with van der Waals surface area (Å²) in [6.45, 7) is 3.38.